The minimum absolute atomic E-state index is 0.152. The summed E-state index contributed by atoms with van der Waals surface area (Å²) < 4.78 is 47.8. The number of nitrogens with zero attached hydrogens (tertiary/aromatic N) is 4. The fourth-order valence-corrected chi connectivity index (χ4v) is 4.33. The molecular formula is C22H25F3N4O. The van der Waals surface area contributed by atoms with Crippen LogP contribution in [0.15, 0.2) is 34.9 Å². The van der Waals surface area contributed by atoms with E-state index in [9.17, 15) is 13.2 Å². The van der Waals surface area contributed by atoms with Crippen molar-refractivity contribution in [3.63, 3.8) is 0 Å². The van der Waals surface area contributed by atoms with Gasteiger partial charge >= 0.3 is 6.18 Å². The van der Waals surface area contributed by atoms with Crippen molar-refractivity contribution in [3.8, 4) is 11.6 Å². The molecule has 2 heterocycles. The molecule has 0 spiro atoms. The third-order valence-corrected chi connectivity index (χ3v) is 6.01. The van der Waals surface area contributed by atoms with Gasteiger partial charge < -0.3 is 4.52 Å². The second-order valence-electron chi connectivity index (χ2n) is 8.88. The fraction of sp³-hybridized carbons (Fsp3) is 0.500. The maximum atomic E-state index is 13.5. The lowest BCUT2D eigenvalue weighted by atomic mass is 9.76. The van der Waals surface area contributed by atoms with Gasteiger partial charge in [-0.05, 0) is 49.5 Å². The number of alkyl halides is 3. The van der Waals surface area contributed by atoms with E-state index in [2.05, 4.69) is 35.7 Å². The molecule has 0 fully saturated rings. The second-order valence-corrected chi connectivity index (χ2v) is 8.88. The van der Waals surface area contributed by atoms with Crippen LogP contribution in [0.1, 0.15) is 50.2 Å². The Bertz CT molecular complexity index is 1040. The Morgan fingerprint density at radius 1 is 1.37 bits per heavy atom. The largest absolute Gasteiger partial charge is 0.413 e. The van der Waals surface area contributed by atoms with Crippen LogP contribution in [-0.2, 0) is 19.9 Å². The average molecular weight is 418 g/mol. The summed E-state index contributed by atoms with van der Waals surface area (Å²) in [7, 11) is 1.89. The first-order valence-corrected chi connectivity index (χ1v) is 10.1. The Hall–Kier alpha value is -2.64. The molecular weight excluding hydrogens is 393 g/mol. The number of allylic oxidation sites excluding steroid dienone is 5. The van der Waals surface area contributed by atoms with Crippen LogP contribution in [0.2, 0.25) is 0 Å². The molecule has 0 amide bonds. The van der Waals surface area contributed by atoms with Gasteiger partial charge in [0.1, 0.15) is 0 Å². The van der Waals surface area contributed by atoms with Crippen LogP contribution in [0.4, 0.5) is 13.2 Å². The number of hydrogen-bond donors (Lipinski definition) is 0. The van der Waals surface area contributed by atoms with Crippen molar-refractivity contribution in [2.45, 2.75) is 52.1 Å². The molecule has 5 nitrogen and oxygen atoms in total. The molecule has 0 bridgehead atoms. The van der Waals surface area contributed by atoms with E-state index in [-0.39, 0.29) is 30.0 Å². The standard InChI is InChI=1S/C22H25F3N4O/c1-5-6-13-7-8-14(11-16(13)22(23,24)25)19-26-20(30-28-19)18-15-9-10-21(2,3)12-17(15)29(4)27-18/h5,8,11,13H,1,6-7,9-10,12H2,2-4H3. The van der Waals surface area contributed by atoms with Crippen LogP contribution in [0.25, 0.3) is 17.2 Å². The summed E-state index contributed by atoms with van der Waals surface area (Å²) in [5.74, 6) is -0.235. The van der Waals surface area contributed by atoms with Gasteiger partial charge in [-0.25, -0.2) is 0 Å². The zero-order chi connectivity index (χ0) is 21.7. The van der Waals surface area contributed by atoms with E-state index in [4.69, 9.17) is 4.52 Å². The first kappa shape index (κ1) is 20.6. The van der Waals surface area contributed by atoms with Gasteiger partial charge in [-0.2, -0.15) is 23.3 Å². The maximum absolute atomic E-state index is 13.5. The van der Waals surface area contributed by atoms with E-state index >= 15 is 0 Å². The highest BCUT2D eigenvalue weighted by Crippen LogP contribution is 2.41. The summed E-state index contributed by atoms with van der Waals surface area (Å²) in [4.78, 5) is 4.40. The first-order chi connectivity index (χ1) is 14.1. The number of aromatic nitrogens is 4. The minimum atomic E-state index is -4.41. The third-order valence-electron chi connectivity index (χ3n) is 6.01. The molecule has 2 aliphatic rings. The van der Waals surface area contributed by atoms with Gasteiger partial charge in [0.05, 0.1) is 0 Å². The lowest BCUT2D eigenvalue weighted by Crippen LogP contribution is -2.23. The number of halogens is 3. The van der Waals surface area contributed by atoms with Crippen LogP contribution in [0.5, 0.6) is 0 Å². The van der Waals surface area contributed by atoms with Gasteiger partial charge in [0.2, 0.25) is 5.82 Å². The zero-order valence-electron chi connectivity index (χ0n) is 17.4. The molecule has 0 aliphatic heterocycles. The molecule has 0 aromatic carbocycles. The minimum Gasteiger partial charge on any atom is -0.332 e. The maximum Gasteiger partial charge on any atom is 0.413 e. The van der Waals surface area contributed by atoms with Crippen molar-refractivity contribution in [1.29, 1.82) is 0 Å². The summed E-state index contributed by atoms with van der Waals surface area (Å²) in [6.45, 7) is 8.03. The van der Waals surface area contributed by atoms with Crippen molar-refractivity contribution in [1.82, 2.24) is 19.9 Å². The normalized spacial score (nSPS) is 21.1. The average Bonchev–Trinajstić information content (AvgIpc) is 3.26. The van der Waals surface area contributed by atoms with Gasteiger partial charge in [-0.1, -0.05) is 31.2 Å². The van der Waals surface area contributed by atoms with E-state index < -0.39 is 17.7 Å². The summed E-state index contributed by atoms with van der Waals surface area (Å²) in [5.41, 5.74) is 2.80. The highest BCUT2D eigenvalue weighted by Gasteiger charge is 2.39. The molecule has 0 N–H and O–H groups in total. The number of hydrogen-bond acceptors (Lipinski definition) is 4. The summed E-state index contributed by atoms with van der Waals surface area (Å²) in [6, 6.07) is 0. The topological polar surface area (TPSA) is 56.7 Å². The molecule has 0 saturated carbocycles. The highest BCUT2D eigenvalue weighted by molar-refractivity contribution is 5.73. The SMILES string of the molecule is C=CCC1CC=C(c2noc(-c3nn(C)c4c3CCC(C)(C)C4)n2)C=C1C(F)(F)F. The molecule has 30 heavy (non-hydrogen) atoms. The molecule has 2 aromatic rings. The number of fused-ring (bicyclic) bond motifs is 1. The summed E-state index contributed by atoms with van der Waals surface area (Å²) >= 11 is 0. The smallest absolute Gasteiger partial charge is 0.332 e. The highest BCUT2D eigenvalue weighted by atomic mass is 19.4. The van der Waals surface area contributed by atoms with Gasteiger partial charge in [-0.3, -0.25) is 4.68 Å². The second kappa shape index (κ2) is 7.25. The lowest BCUT2D eigenvalue weighted by Gasteiger charge is -2.29. The number of rotatable bonds is 4. The molecule has 0 saturated heterocycles. The van der Waals surface area contributed by atoms with Crippen LogP contribution in [0.3, 0.4) is 0 Å². The predicted molar refractivity (Wildman–Crippen MR) is 107 cm³/mol. The fourth-order valence-electron chi connectivity index (χ4n) is 4.33. The van der Waals surface area contributed by atoms with Gasteiger partial charge in [0, 0.05) is 29.5 Å². The Morgan fingerprint density at radius 3 is 2.83 bits per heavy atom. The Morgan fingerprint density at radius 2 is 2.13 bits per heavy atom. The van der Waals surface area contributed by atoms with Gasteiger partial charge in [0.15, 0.2) is 5.69 Å². The molecule has 160 valence electrons. The molecule has 8 heteroatoms. The first-order valence-electron chi connectivity index (χ1n) is 10.1. The van der Waals surface area contributed by atoms with E-state index in [0.717, 1.165) is 36.6 Å². The van der Waals surface area contributed by atoms with E-state index in [1.54, 1.807) is 6.08 Å². The summed E-state index contributed by atoms with van der Waals surface area (Å²) in [5, 5.41) is 8.53. The molecule has 1 unspecified atom stereocenters. The van der Waals surface area contributed by atoms with Crippen molar-refractivity contribution < 1.29 is 17.7 Å². The van der Waals surface area contributed by atoms with E-state index in [1.165, 1.54) is 6.08 Å². The van der Waals surface area contributed by atoms with E-state index in [0.29, 0.717) is 11.3 Å². The van der Waals surface area contributed by atoms with Crippen LogP contribution < -0.4 is 0 Å². The molecule has 1 atom stereocenters. The zero-order valence-corrected chi connectivity index (χ0v) is 17.4. The van der Waals surface area contributed by atoms with Gasteiger partial charge in [-0.15, -0.1) is 6.58 Å². The number of aryl methyl sites for hydroxylation is 1. The Balaban J connectivity index is 1.66. The molecule has 0 radical (unpaired) electrons. The van der Waals surface area contributed by atoms with E-state index in [1.807, 2.05) is 11.7 Å². The van der Waals surface area contributed by atoms with Crippen LogP contribution in [-0.4, -0.2) is 26.1 Å². The van der Waals surface area contributed by atoms with Crippen LogP contribution in [0, 0.1) is 11.3 Å². The Labute approximate surface area is 173 Å². The molecule has 2 aromatic heterocycles. The monoisotopic (exact) mass is 418 g/mol. The third kappa shape index (κ3) is 3.75. The van der Waals surface area contributed by atoms with Crippen LogP contribution >= 0.6 is 0 Å². The van der Waals surface area contributed by atoms with Gasteiger partial charge in [0.25, 0.3) is 5.89 Å². The molecule has 2 aliphatic carbocycles. The predicted octanol–water partition coefficient (Wildman–Crippen LogP) is 5.45. The molecule has 4 rings (SSSR count). The van der Waals surface area contributed by atoms with Crippen molar-refractivity contribution in [2.24, 2.45) is 18.4 Å². The quantitative estimate of drug-likeness (QED) is 0.620. The lowest BCUT2D eigenvalue weighted by molar-refractivity contribution is -0.0989. The summed E-state index contributed by atoms with van der Waals surface area (Å²) in [6.07, 6.45) is 3.26. The van der Waals surface area contributed by atoms with Crippen molar-refractivity contribution in [2.75, 3.05) is 0 Å². The van der Waals surface area contributed by atoms with Crippen molar-refractivity contribution in [3.05, 3.63) is 47.5 Å². The Kier molecular flexibility index (Phi) is 4.98. The van der Waals surface area contributed by atoms with Crippen molar-refractivity contribution >= 4 is 5.57 Å².